The van der Waals surface area contributed by atoms with E-state index in [-0.39, 0.29) is 10.7 Å². The molecule has 20 heavy (non-hydrogen) atoms. The number of fused-ring (bicyclic) bond motifs is 1. The maximum Gasteiger partial charge on any atom is 0.151 e. The van der Waals surface area contributed by atoms with Crippen LogP contribution in [0.25, 0.3) is 16.7 Å². The predicted octanol–water partition coefficient (Wildman–Crippen LogP) is 3.85. The van der Waals surface area contributed by atoms with Crippen molar-refractivity contribution in [1.29, 1.82) is 0 Å². The zero-order chi connectivity index (χ0) is 14.4. The highest BCUT2D eigenvalue weighted by molar-refractivity contribution is 6.32. The molecule has 1 heterocycles. The molecule has 3 nitrogen and oxygen atoms in total. The van der Waals surface area contributed by atoms with E-state index in [2.05, 4.69) is 4.98 Å². The highest BCUT2D eigenvalue weighted by atomic mass is 35.5. The zero-order valence-corrected chi connectivity index (χ0v) is 11.2. The van der Waals surface area contributed by atoms with Gasteiger partial charge >= 0.3 is 0 Å². The SMILES string of the molecule is Cc1nc2cc(N)ccc2n1-c1c(F)cc(F)cc1Cl. The number of imidazole rings is 1. The van der Waals surface area contributed by atoms with Crippen LogP contribution in [0, 0.1) is 18.6 Å². The van der Waals surface area contributed by atoms with Gasteiger partial charge in [-0.1, -0.05) is 11.6 Å². The summed E-state index contributed by atoms with van der Waals surface area (Å²) in [5.41, 5.74) is 7.63. The summed E-state index contributed by atoms with van der Waals surface area (Å²) in [6.45, 7) is 1.72. The van der Waals surface area contributed by atoms with Crippen LogP contribution in [0.4, 0.5) is 14.5 Å². The van der Waals surface area contributed by atoms with E-state index in [0.717, 1.165) is 12.1 Å². The van der Waals surface area contributed by atoms with E-state index >= 15 is 0 Å². The topological polar surface area (TPSA) is 43.8 Å². The van der Waals surface area contributed by atoms with Crippen LogP contribution in [0.1, 0.15) is 5.82 Å². The summed E-state index contributed by atoms with van der Waals surface area (Å²) < 4.78 is 28.8. The summed E-state index contributed by atoms with van der Waals surface area (Å²) >= 11 is 5.98. The summed E-state index contributed by atoms with van der Waals surface area (Å²) in [7, 11) is 0. The molecule has 0 aliphatic carbocycles. The first-order valence-corrected chi connectivity index (χ1v) is 6.24. The lowest BCUT2D eigenvalue weighted by Crippen LogP contribution is -2.02. The molecule has 0 amide bonds. The lowest BCUT2D eigenvalue weighted by Gasteiger charge is -2.10. The van der Waals surface area contributed by atoms with Crippen molar-refractivity contribution in [2.75, 3.05) is 5.73 Å². The molecule has 0 aliphatic heterocycles. The van der Waals surface area contributed by atoms with Gasteiger partial charge in [-0.2, -0.15) is 0 Å². The number of nitrogens with two attached hydrogens (primary N) is 1. The van der Waals surface area contributed by atoms with Gasteiger partial charge in [0.2, 0.25) is 0 Å². The molecule has 6 heteroatoms. The van der Waals surface area contributed by atoms with Gasteiger partial charge in [0.15, 0.2) is 5.82 Å². The average molecular weight is 294 g/mol. The lowest BCUT2D eigenvalue weighted by molar-refractivity contribution is 0.578. The van der Waals surface area contributed by atoms with Gasteiger partial charge in [-0.15, -0.1) is 0 Å². The first-order valence-electron chi connectivity index (χ1n) is 5.87. The number of nitrogen functional groups attached to an aromatic ring is 1. The van der Waals surface area contributed by atoms with Crippen molar-refractivity contribution < 1.29 is 8.78 Å². The maximum absolute atomic E-state index is 14.1. The number of rotatable bonds is 1. The minimum Gasteiger partial charge on any atom is -0.399 e. The first-order chi connectivity index (χ1) is 9.47. The number of benzene rings is 2. The van der Waals surface area contributed by atoms with Gasteiger partial charge < -0.3 is 5.73 Å². The van der Waals surface area contributed by atoms with Crippen LogP contribution < -0.4 is 5.73 Å². The fourth-order valence-electron chi connectivity index (χ4n) is 2.25. The Morgan fingerprint density at radius 1 is 1.20 bits per heavy atom. The highest BCUT2D eigenvalue weighted by Gasteiger charge is 2.17. The monoisotopic (exact) mass is 293 g/mol. The number of nitrogens with zero attached hydrogens (tertiary/aromatic N) is 2. The van der Waals surface area contributed by atoms with Gasteiger partial charge in [-0.05, 0) is 31.2 Å². The van der Waals surface area contributed by atoms with E-state index in [1.165, 1.54) is 0 Å². The second-order valence-electron chi connectivity index (χ2n) is 4.46. The lowest BCUT2D eigenvalue weighted by atomic mass is 10.2. The van der Waals surface area contributed by atoms with E-state index in [4.69, 9.17) is 17.3 Å². The van der Waals surface area contributed by atoms with Gasteiger partial charge in [0.25, 0.3) is 0 Å². The number of aryl methyl sites for hydroxylation is 1. The van der Waals surface area contributed by atoms with Crippen LogP contribution in [0.3, 0.4) is 0 Å². The normalized spacial score (nSPS) is 11.2. The van der Waals surface area contributed by atoms with Crippen LogP contribution in [-0.2, 0) is 0 Å². The van der Waals surface area contributed by atoms with Crippen LogP contribution in [0.15, 0.2) is 30.3 Å². The van der Waals surface area contributed by atoms with Crippen molar-refractivity contribution in [3.8, 4) is 5.69 Å². The van der Waals surface area contributed by atoms with Crippen molar-refractivity contribution in [3.05, 3.63) is 52.8 Å². The van der Waals surface area contributed by atoms with Crippen LogP contribution in [0.5, 0.6) is 0 Å². The van der Waals surface area contributed by atoms with Crippen LogP contribution in [-0.4, -0.2) is 9.55 Å². The van der Waals surface area contributed by atoms with Gasteiger partial charge in [-0.3, -0.25) is 4.57 Å². The quantitative estimate of drug-likeness (QED) is 0.693. The van der Waals surface area contributed by atoms with Crippen molar-refractivity contribution in [1.82, 2.24) is 9.55 Å². The molecular formula is C14H10ClF2N3. The number of halogens is 3. The molecule has 1 aromatic heterocycles. The van der Waals surface area contributed by atoms with Gasteiger partial charge in [0, 0.05) is 11.8 Å². The number of hydrogen-bond acceptors (Lipinski definition) is 2. The second-order valence-corrected chi connectivity index (χ2v) is 4.87. The fraction of sp³-hybridized carbons (Fsp3) is 0.0714. The smallest absolute Gasteiger partial charge is 0.151 e. The Morgan fingerprint density at radius 2 is 1.95 bits per heavy atom. The van der Waals surface area contributed by atoms with E-state index in [0.29, 0.717) is 22.5 Å². The summed E-state index contributed by atoms with van der Waals surface area (Å²) in [5, 5.41) is -0.0123. The Morgan fingerprint density at radius 3 is 2.65 bits per heavy atom. The molecule has 102 valence electrons. The molecule has 0 fully saturated rings. The predicted molar refractivity (Wildman–Crippen MR) is 75.1 cm³/mol. The third-order valence-corrected chi connectivity index (χ3v) is 3.34. The molecule has 0 unspecified atom stereocenters. The first kappa shape index (κ1) is 12.9. The Bertz CT molecular complexity index is 804. The molecule has 2 N–H and O–H groups in total. The number of anilines is 1. The fourth-order valence-corrected chi connectivity index (χ4v) is 2.53. The van der Waals surface area contributed by atoms with Gasteiger partial charge in [0.1, 0.15) is 17.3 Å². The van der Waals surface area contributed by atoms with Crippen molar-refractivity contribution in [3.63, 3.8) is 0 Å². The molecule has 0 atom stereocenters. The third kappa shape index (κ3) is 1.91. The molecule has 0 radical (unpaired) electrons. The van der Waals surface area contributed by atoms with E-state index in [1.807, 2.05) is 0 Å². The molecule has 0 saturated carbocycles. The van der Waals surface area contributed by atoms with E-state index in [1.54, 1.807) is 29.7 Å². The van der Waals surface area contributed by atoms with Gasteiger partial charge in [0.05, 0.1) is 16.1 Å². The summed E-state index contributed by atoms with van der Waals surface area (Å²) in [4.78, 5) is 4.32. The van der Waals surface area contributed by atoms with Crippen molar-refractivity contribution in [2.24, 2.45) is 0 Å². The molecule has 2 aromatic carbocycles. The highest BCUT2D eigenvalue weighted by Crippen LogP contribution is 2.30. The number of aromatic nitrogens is 2. The molecule has 0 bridgehead atoms. The molecule has 0 spiro atoms. The van der Waals surface area contributed by atoms with Crippen molar-refractivity contribution >= 4 is 28.3 Å². The Balaban J connectivity index is 2.38. The van der Waals surface area contributed by atoms with Gasteiger partial charge in [-0.25, -0.2) is 13.8 Å². The maximum atomic E-state index is 14.1. The number of hydrogen-bond donors (Lipinski definition) is 1. The summed E-state index contributed by atoms with van der Waals surface area (Å²) in [6.07, 6.45) is 0. The second kappa shape index (κ2) is 4.45. The van der Waals surface area contributed by atoms with Crippen LogP contribution >= 0.6 is 11.6 Å². The Hall–Kier alpha value is -2.14. The average Bonchev–Trinajstić information content (AvgIpc) is 2.64. The molecule has 0 aliphatic rings. The molecule has 3 rings (SSSR count). The van der Waals surface area contributed by atoms with Crippen LogP contribution in [0.2, 0.25) is 5.02 Å². The van der Waals surface area contributed by atoms with E-state index in [9.17, 15) is 8.78 Å². The molecule has 0 saturated heterocycles. The van der Waals surface area contributed by atoms with E-state index < -0.39 is 11.6 Å². The zero-order valence-electron chi connectivity index (χ0n) is 10.5. The molecule has 3 aromatic rings. The molecular weight excluding hydrogens is 284 g/mol. The minimum absolute atomic E-state index is 0.0123. The summed E-state index contributed by atoms with van der Waals surface area (Å²) in [6, 6.07) is 6.97. The van der Waals surface area contributed by atoms with Crippen molar-refractivity contribution in [2.45, 2.75) is 6.92 Å². The standard InChI is InChI=1S/C14H10ClF2N3/c1-7-19-12-6-9(18)2-3-13(12)20(7)14-10(15)4-8(16)5-11(14)17/h2-6H,18H2,1H3. The third-order valence-electron chi connectivity index (χ3n) is 3.05. The summed E-state index contributed by atoms with van der Waals surface area (Å²) in [5.74, 6) is -0.921. The Kier molecular flexibility index (Phi) is 2.87. The minimum atomic E-state index is -0.741. The Labute approximate surface area is 118 Å². The largest absolute Gasteiger partial charge is 0.399 e.